The number of likely N-dealkylation sites (tertiary alicyclic amines) is 1. The quantitative estimate of drug-likeness (QED) is 0.743. The van der Waals surface area contributed by atoms with Gasteiger partial charge in [-0.25, -0.2) is 4.79 Å². The second-order valence-electron chi connectivity index (χ2n) is 5.89. The Morgan fingerprint density at radius 1 is 1.26 bits per heavy atom. The maximum atomic E-state index is 12.9. The standard InChI is InChI=1S/C12H20F3NO3/c1-10(2,3)19-9(17)16-7-5-4-6-11(18,8-16)12(13,14)15/h18H,4-8H2,1-3H3/t11-/m0/s1. The van der Waals surface area contributed by atoms with Gasteiger partial charge in [-0.2, -0.15) is 13.2 Å². The number of halogens is 3. The minimum absolute atomic E-state index is 0.160. The normalized spacial score (nSPS) is 25.9. The molecule has 112 valence electrons. The Hall–Kier alpha value is -0.980. The van der Waals surface area contributed by atoms with Gasteiger partial charge in [-0.05, 0) is 40.0 Å². The molecule has 0 unspecified atom stereocenters. The maximum absolute atomic E-state index is 12.9. The summed E-state index contributed by atoms with van der Waals surface area (Å²) in [7, 11) is 0. The average molecular weight is 283 g/mol. The summed E-state index contributed by atoms with van der Waals surface area (Å²) in [4.78, 5) is 12.7. The highest BCUT2D eigenvalue weighted by molar-refractivity contribution is 5.68. The Morgan fingerprint density at radius 3 is 2.32 bits per heavy atom. The number of carbonyl (C=O) groups excluding carboxylic acids is 1. The molecule has 1 aliphatic heterocycles. The summed E-state index contributed by atoms with van der Waals surface area (Å²) < 4.78 is 43.6. The van der Waals surface area contributed by atoms with Crippen LogP contribution in [-0.4, -0.2) is 46.6 Å². The van der Waals surface area contributed by atoms with Crippen molar-refractivity contribution >= 4 is 6.09 Å². The Bertz CT molecular complexity index is 338. The number of nitrogens with zero attached hydrogens (tertiary/aromatic N) is 1. The minimum atomic E-state index is -4.75. The Labute approximate surface area is 110 Å². The van der Waals surface area contributed by atoms with E-state index in [1.54, 1.807) is 20.8 Å². The highest BCUT2D eigenvalue weighted by atomic mass is 19.4. The second-order valence-corrected chi connectivity index (χ2v) is 5.89. The van der Waals surface area contributed by atoms with Crippen LogP contribution in [0, 0.1) is 0 Å². The highest BCUT2D eigenvalue weighted by Gasteiger charge is 2.55. The largest absolute Gasteiger partial charge is 0.444 e. The molecule has 1 fully saturated rings. The van der Waals surface area contributed by atoms with Crippen LogP contribution in [0.25, 0.3) is 0 Å². The number of hydrogen-bond donors (Lipinski definition) is 1. The monoisotopic (exact) mass is 283 g/mol. The molecule has 1 N–H and O–H groups in total. The van der Waals surface area contributed by atoms with Crippen LogP contribution in [-0.2, 0) is 4.74 Å². The molecule has 7 heteroatoms. The topological polar surface area (TPSA) is 49.8 Å². The molecule has 4 nitrogen and oxygen atoms in total. The molecule has 19 heavy (non-hydrogen) atoms. The number of hydrogen-bond acceptors (Lipinski definition) is 3. The van der Waals surface area contributed by atoms with E-state index in [0.29, 0.717) is 6.42 Å². The fourth-order valence-electron chi connectivity index (χ4n) is 1.91. The lowest BCUT2D eigenvalue weighted by Gasteiger charge is -2.34. The van der Waals surface area contributed by atoms with Gasteiger partial charge in [0, 0.05) is 6.54 Å². The summed E-state index contributed by atoms with van der Waals surface area (Å²) >= 11 is 0. The summed E-state index contributed by atoms with van der Waals surface area (Å²) in [5.41, 5.74) is -3.62. The predicted molar refractivity (Wildman–Crippen MR) is 62.7 cm³/mol. The van der Waals surface area contributed by atoms with E-state index < -0.39 is 36.4 Å². The molecular weight excluding hydrogens is 263 g/mol. The van der Waals surface area contributed by atoms with Gasteiger partial charge in [0.25, 0.3) is 0 Å². The third-order valence-electron chi connectivity index (χ3n) is 2.90. The van der Waals surface area contributed by atoms with Gasteiger partial charge in [0.05, 0.1) is 6.54 Å². The maximum Gasteiger partial charge on any atom is 0.418 e. The number of carbonyl (C=O) groups is 1. The predicted octanol–water partition coefficient (Wildman–Crippen LogP) is 2.70. The number of ether oxygens (including phenoxy) is 1. The van der Waals surface area contributed by atoms with E-state index in [1.807, 2.05) is 0 Å². The third kappa shape index (κ3) is 4.26. The molecule has 0 aromatic carbocycles. The molecule has 0 aliphatic carbocycles. The summed E-state index contributed by atoms with van der Waals surface area (Å²) in [6, 6.07) is 0. The average Bonchev–Trinajstić information content (AvgIpc) is 2.37. The van der Waals surface area contributed by atoms with Crippen molar-refractivity contribution in [2.24, 2.45) is 0 Å². The van der Waals surface area contributed by atoms with Crippen LogP contribution < -0.4 is 0 Å². The Kier molecular flexibility index (Phi) is 4.39. The lowest BCUT2D eigenvalue weighted by molar-refractivity contribution is -0.264. The zero-order valence-electron chi connectivity index (χ0n) is 11.4. The van der Waals surface area contributed by atoms with Gasteiger partial charge < -0.3 is 14.7 Å². The van der Waals surface area contributed by atoms with E-state index in [1.165, 1.54) is 0 Å². The van der Waals surface area contributed by atoms with Crippen molar-refractivity contribution in [3.63, 3.8) is 0 Å². The second kappa shape index (κ2) is 5.19. The van der Waals surface area contributed by atoms with E-state index >= 15 is 0 Å². The summed E-state index contributed by atoms with van der Waals surface area (Å²) in [5, 5.41) is 9.73. The van der Waals surface area contributed by atoms with Crippen molar-refractivity contribution in [3.05, 3.63) is 0 Å². The van der Waals surface area contributed by atoms with Crippen LogP contribution in [0.15, 0.2) is 0 Å². The van der Waals surface area contributed by atoms with Crippen LogP contribution >= 0.6 is 0 Å². The van der Waals surface area contributed by atoms with Gasteiger partial charge in [-0.15, -0.1) is 0 Å². The van der Waals surface area contributed by atoms with Crippen LogP contribution in [0.2, 0.25) is 0 Å². The Morgan fingerprint density at radius 2 is 1.84 bits per heavy atom. The fourth-order valence-corrected chi connectivity index (χ4v) is 1.91. The first-order valence-electron chi connectivity index (χ1n) is 6.22. The van der Waals surface area contributed by atoms with Gasteiger partial charge in [0.15, 0.2) is 5.60 Å². The van der Waals surface area contributed by atoms with Crippen molar-refractivity contribution in [2.45, 2.75) is 57.4 Å². The first kappa shape index (κ1) is 16.1. The van der Waals surface area contributed by atoms with E-state index in [4.69, 9.17) is 4.74 Å². The van der Waals surface area contributed by atoms with Crippen LogP contribution in [0.3, 0.4) is 0 Å². The van der Waals surface area contributed by atoms with Crippen molar-refractivity contribution < 1.29 is 27.8 Å². The zero-order chi connectivity index (χ0) is 14.9. The van der Waals surface area contributed by atoms with Crippen molar-refractivity contribution in [2.75, 3.05) is 13.1 Å². The minimum Gasteiger partial charge on any atom is -0.444 e. The van der Waals surface area contributed by atoms with Gasteiger partial charge >= 0.3 is 12.3 Å². The molecule has 1 atom stereocenters. The van der Waals surface area contributed by atoms with Gasteiger partial charge in [-0.1, -0.05) is 0 Å². The van der Waals surface area contributed by atoms with Crippen molar-refractivity contribution in [3.8, 4) is 0 Å². The van der Waals surface area contributed by atoms with Gasteiger partial charge in [-0.3, -0.25) is 0 Å². The molecule has 0 aromatic rings. The first-order valence-corrected chi connectivity index (χ1v) is 6.22. The molecule has 0 aromatic heterocycles. The third-order valence-corrected chi connectivity index (χ3v) is 2.90. The van der Waals surface area contributed by atoms with Crippen LogP contribution in [0.5, 0.6) is 0 Å². The summed E-state index contributed by atoms with van der Waals surface area (Å²) in [5.74, 6) is 0. The molecule has 1 rings (SSSR count). The molecular formula is C12H20F3NO3. The number of alkyl halides is 3. The molecule has 0 bridgehead atoms. The molecule has 0 saturated carbocycles. The van der Waals surface area contributed by atoms with Crippen molar-refractivity contribution in [1.82, 2.24) is 4.90 Å². The van der Waals surface area contributed by atoms with Crippen molar-refractivity contribution in [1.29, 1.82) is 0 Å². The molecule has 1 saturated heterocycles. The molecule has 1 amide bonds. The van der Waals surface area contributed by atoms with E-state index in [2.05, 4.69) is 0 Å². The zero-order valence-corrected chi connectivity index (χ0v) is 11.4. The molecule has 0 radical (unpaired) electrons. The van der Waals surface area contributed by atoms with Gasteiger partial charge in [0.1, 0.15) is 5.60 Å². The Balaban J connectivity index is 2.82. The lowest BCUT2D eigenvalue weighted by atomic mass is 9.97. The van der Waals surface area contributed by atoms with Crippen LogP contribution in [0.4, 0.5) is 18.0 Å². The highest BCUT2D eigenvalue weighted by Crippen LogP contribution is 2.37. The van der Waals surface area contributed by atoms with E-state index in [0.717, 1.165) is 4.90 Å². The number of amides is 1. The smallest absolute Gasteiger partial charge is 0.418 e. The first-order chi connectivity index (χ1) is 8.45. The van der Waals surface area contributed by atoms with E-state index in [9.17, 15) is 23.1 Å². The number of β-amino-alcohol motifs (C(OH)–C–C–N with tert-alkyl or cyclic N) is 1. The number of rotatable bonds is 0. The lowest BCUT2D eigenvalue weighted by Crippen LogP contribution is -2.54. The van der Waals surface area contributed by atoms with Crippen LogP contribution in [0.1, 0.15) is 40.0 Å². The SMILES string of the molecule is CC(C)(C)OC(=O)N1CCCC[C@@](O)(C(F)(F)F)C1. The molecule has 1 heterocycles. The van der Waals surface area contributed by atoms with E-state index in [-0.39, 0.29) is 13.0 Å². The summed E-state index contributed by atoms with van der Waals surface area (Å²) in [6.07, 6.45) is -5.34. The van der Waals surface area contributed by atoms with Gasteiger partial charge in [0.2, 0.25) is 0 Å². The fraction of sp³-hybridized carbons (Fsp3) is 0.917. The summed E-state index contributed by atoms with van der Waals surface area (Å²) in [6.45, 7) is 4.30. The molecule has 0 spiro atoms. The number of aliphatic hydroxyl groups is 1. The molecule has 1 aliphatic rings.